The molecular weight excluding hydrogens is 268 g/mol. The first kappa shape index (κ1) is 14.3. The van der Waals surface area contributed by atoms with E-state index < -0.39 is 0 Å². The summed E-state index contributed by atoms with van der Waals surface area (Å²) in [6.07, 6.45) is 3.50. The second-order valence-corrected chi connectivity index (χ2v) is 4.99. The van der Waals surface area contributed by atoms with E-state index in [2.05, 4.69) is 21.7 Å². The molecule has 1 aromatic heterocycles. The fourth-order valence-corrected chi connectivity index (χ4v) is 2.29. The van der Waals surface area contributed by atoms with E-state index in [1.165, 1.54) is 0 Å². The third-order valence-corrected chi connectivity index (χ3v) is 3.45. The molecule has 20 heavy (non-hydrogen) atoms. The van der Waals surface area contributed by atoms with Crippen LogP contribution in [0.3, 0.4) is 0 Å². The van der Waals surface area contributed by atoms with Crippen molar-refractivity contribution in [3.05, 3.63) is 59.8 Å². The van der Waals surface area contributed by atoms with Crippen LogP contribution in [0.5, 0.6) is 0 Å². The van der Waals surface area contributed by atoms with E-state index in [1.54, 1.807) is 24.2 Å². The third-order valence-electron chi connectivity index (χ3n) is 2.72. The number of anilines is 2. The van der Waals surface area contributed by atoms with Crippen LogP contribution in [0.15, 0.2) is 54.2 Å². The highest BCUT2D eigenvalue weighted by atomic mass is 32.2. The zero-order valence-corrected chi connectivity index (χ0v) is 12.2. The molecule has 2 aromatic rings. The van der Waals surface area contributed by atoms with Gasteiger partial charge in [0, 0.05) is 42.1 Å². The Morgan fingerprint density at radius 2 is 2.15 bits per heavy atom. The molecule has 0 amide bonds. The molecule has 104 valence electrons. The summed E-state index contributed by atoms with van der Waals surface area (Å²) in [5.74, 6) is 0.758. The number of benzene rings is 1. The van der Waals surface area contributed by atoms with E-state index in [0.29, 0.717) is 0 Å². The lowest BCUT2D eigenvalue weighted by Gasteiger charge is -2.07. The summed E-state index contributed by atoms with van der Waals surface area (Å²) in [4.78, 5) is 4.05. The smallest absolute Gasteiger partial charge is 0.0652 e. The highest BCUT2D eigenvalue weighted by molar-refractivity contribution is 8.02. The van der Waals surface area contributed by atoms with Gasteiger partial charge in [-0.15, -0.1) is 11.8 Å². The number of nitrogens with two attached hydrogens (primary N) is 1. The molecule has 0 spiro atoms. The molecule has 5 heteroatoms. The topological polar surface area (TPSA) is 63.0 Å². The second-order valence-electron chi connectivity index (χ2n) is 4.13. The standard InChI is InChI=1S/C15H18N4S/c1-17-13-5-2-6-14(8-13)19-11-20-10-15(16)12-4-3-7-18-9-12/h2-10,17,19H,11,16H2,1H3/b15-10-. The molecule has 0 radical (unpaired) electrons. The fraction of sp³-hybridized carbons (Fsp3) is 0.133. The maximum absolute atomic E-state index is 5.98. The summed E-state index contributed by atoms with van der Waals surface area (Å²) in [5, 5.41) is 8.38. The van der Waals surface area contributed by atoms with Crippen molar-refractivity contribution in [3.8, 4) is 0 Å². The van der Waals surface area contributed by atoms with E-state index in [1.807, 2.05) is 42.8 Å². The van der Waals surface area contributed by atoms with Crippen molar-refractivity contribution in [1.29, 1.82) is 0 Å². The molecule has 1 heterocycles. The summed E-state index contributed by atoms with van der Waals surface area (Å²) >= 11 is 1.62. The lowest BCUT2D eigenvalue weighted by atomic mass is 10.2. The predicted octanol–water partition coefficient (Wildman–Crippen LogP) is 3.18. The van der Waals surface area contributed by atoms with Crippen molar-refractivity contribution < 1.29 is 0 Å². The molecule has 0 unspecified atom stereocenters. The summed E-state index contributed by atoms with van der Waals surface area (Å²) in [6, 6.07) is 12.0. The van der Waals surface area contributed by atoms with E-state index in [-0.39, 0.29) is 0 Å². The first-order valence-corrected chi connectivity index (χ1v) is 7.34. The van der Waals surface area contributed by atoms with Crippen molar-refractivity contribution in [2.45, 2.75) is 0 Å². The number of aromatic nitrogens is 1. The molecule has 0 bridgehead atoms. The SMILES string of the molecule is CNc1cccc(NCS/C=C(\N)c2cccnc2)c1. The number of pyridine rings is 1. The Hall–Kier alpha value is -2.14. The van der Waals surface area contributed by atoms with Crippen LogP contribution in [0.4, 0.5) is 11.4 Å². The first-order chi connectivity index (χ1) is 9.79. The molecule has 0 aliphatic carbocycles. The zero-order valence-electron chi connectivity index (χ0n) is 11.3. The first-order valence-electron chi connectivity index (χ1n) is 6.29. The molecule has 0 saturated heterocycles. The largest absolute Gasteiger partial charge is 0.398 e. The van der Waals surface area contributed by atoms with Crippen LogP contribution in [-0.2, 0) is 0 Å². The maximum Gasteiger partial charge on any atom is 0.0652 e. The summed E-state index contributed by atoms with van der Waals surface area (Å²) in [6.45, 7) is 0. The Morgan fingerprint density at radius 1 is 1.30 bits per heavy atom. The van der Waals surface area contributed by atoms with E-state index in [9.17, 15) is 0 Å². The van der Waals surface area contributed by atoms with E-state index >= 15 is 0 Å². The van der Waals surface area contributed by atoms with Gasteiger partial charge in [0.15, 0.2) is 0 Å². The number of hydrogen-bond donors (Lipinski definition) is 3. The maximum atomic E-state index is 5.98. The Morgan fingerprint density at radius 3 is 2.90 bits per heavy atom. The minimum absolute atomic E-state index is 0.730. The Kier molecular flexibility index (Phi) is 5.32. The van der Waals surface area contributed by atoms with Gasteiger partial charge in [0.2, 0.25) is 0 Å². The number of nitrogens with one attached hydrogen (secondary N) is 2. The molecule has 0 fully saturated rings. The minimum Gasteiger partial charge on any atom is -0.398 e. The molecule has 1 aromatic carbocycles. The van der Waals surface area contributed by atoms with Gasteiger partial charge in [-0.25, -0.2) is 0 Å². The monoisotopic (exact) mass is 286 g/mol. The lowest BCUT2D eigenvalue weighted by molar-refractivity contribution is 1.30. The molecule has 4 nitrogen and oxygen atoms in total. The minimum atomic E-state index is 0.730. The van der Waals surface area contributed by atoms with Gasteiger partial charge < -0.3 is 16.4 Å². The van der Waals surface area contributed by atoms with Crippen LogP contribution in [0.25, 0.3) is 5.70 Å². The summed E-state index contributed by atoms with van der Waals surface area (Å²) in [7, 11) is 1.91. The summed E-state index contributed by atoms with van der Waals surface area (Å²) in [5.41, 5.74) is 9.82. The Bertz CT molecular complexity index is 569. The Labute approximate surface area is 123 Å². The van der Waals surface area contributed by atoms with Gasteiger partial charge in [-0.2, -0.15) is 0 Å². The van der Waals surface area contributed by atoms with Crippen molar-refractivity contribution in [2.75, 3.05) is 23.6 Å². The van der Waals surface area contributed by atoms with Crippen LogP contribution in [0.1, 0.15) is 5.56 Å². The molecule has 2 rings (SSSR count). The number of thioether (sulfide) groups is 1. The van der Waals surface area contributed by atoms with Crippen LogP contribution in [-0.4, -0.2) is 17.9 Å². The quantitative estimate of drug-likeness (QED) is 0.562. The van der Waals surface area contributed by atoms with Crippen LogP contribution < -0.4 is 16.4 Å². The van der Waals surface area contributed by atoms with Gasteiger partial charge in [0.1, 0.15) is 0 Å². The number of hydrogen-bond acceptors (Lipinski definition) is 5. The fourth-order valence-electron chi connectivity index (χ4n) is 1.64. The van der Waals surface area contributed by atoms with Crippen LogP contribution in [0.2, 0.25) is 0 Å². The predicted molar refractivity (Wildman–Crippen MR) is 88.5 cm³/mol. The molecule has 0 aliphatic rings. The highest BCUT2D eigenvalue weighted by Gasteiger charge is 1.96. The van der Waals surface area contributed by atoms with Crippen molar-refractivity contribution in [1.82, 2.24) is 4.98 Å². The van der Waals surface area contributed by atoms with Crippen molar-refractivity contribution in [3.63, 3.8) is 0 Å². The normalized spacial score (nSPS) is 11.2. The van der Waals surface area contributed by atoms with Crippen LogP contribution >= 0.6 is 11.8 Å². The average Bonchev–Trinajstić information content (AvgIpc) is 2.52. The van der Waals surface area contributed by atoms with Gasteiger partial charge in [-0.1, -0.05) is 6.07 Å². The van der Waals surface area contributed by atoms with Gasteiger partial charge in [0.25, 0.3) is 0 Å². The van der Waals surface area contributed by atoms with Crippen molar-refractivity contribution in [2.24, 2.45) is 5.73 Å². The molecule has 0 aliphatic heterocycles. The zero-order chi connectivity index (χ0) is 14.2. The van der Waals surface area contributed by atoms with Gasteiger partial charge in [-0.3, -0.25) is 4.98 Å². The lowest BCUT2D eigenvalue weighted by Crippen LogP contribution is -1.99. The van der Waals surface area contributed by atoms with Gasteiger partial charge in [-0.05, 0) is 35.7 Å². The average molecular weight is 286 g/mol. The number of rotatable bonds is 6. The van der Waals surface area contributed by atoms with E-state index in [4.69, 9.17) is 5.73 Å². The van der Waals surface area contributed by atoms with Gasteiger partial charge in [0.05, 0.1) is 5.88 Å². The molecule has 4 N–H and O–H groups in total. The second kappa shape index (κ2) is 7.45. The summed E-state index contributed by atoms with van der Waals surface area (Å²) < 4.78 is 0. The van der Waals surface area contributed by atoms with Crippen LogP contribution in [0, 0.1) is 0 Å². The molecule has 0 atom stereocenters. The van der Waals surface area contributed by atoms with Gasteiger partial charge >= 0.3 is 0 Å². The molecular formula is C15H18N4S. The molecule has 0 saturated carbocycles. The Balaban J connectivity index is 1.84. The van der Waals surface area contributed by atoms with E-state index in [0.717, 1.165) is 28.5 Å². The van der Waals surface area contributed by atoms with Crippen molar-refractivity contribution >= 4 is 28.8 Å². The number of nitrogens with zero attached hydrogens (tertiary/aromatic N) is 1. The third kappa shape index (κ3) is 4.20. The highest BCUT2D eigenvalue weighted by Crippen LogP contribution is 2.17.